The molecule has 0 aliphatic carbocycles. The van der Waals surface area contributed by atoms with E-state index in [1.165, 1.54) is 5.56 Å². The molecule has 3 N–H and O–H groups in total. The predicted octanol–water partition coefficient (Wildman–Crippen LogP) is 2.72. The molecule has 1 unspecified atom stereocenters. The van der Waals surface area contributed by atoms with E-state index in [-0.39, 0.29) is 6.10 Å². The van der Waals surface area contributed by atoms with Gasteiger partial charge in [0.2, 0.25) is 0 Å². The van der Waals surface area contributed by atoms with E-state index in [2.05, 4.69) is 29.0 Å². The summed E-state index contributed by atoms with van der Waals surface area (Å²) in [5.74, 6) is 0.959. The van der Waals surface area contributed by atoms with Gasteiger partial charge in [0, 0.05) is 18.9 Å². The number of rotatable bonds is 7. The number of nitrogens with zero attached hydrogens (tertiary/aromatic N) is 1. The number of thioether (sulfide) groups is 1. The molecule has 0 saturated carbocycles. The molecule has 1 heterocycles. The van der Waals surface area contributed by atoms with E-state index in [0.717, 1.165) is 35.0 Å². The van der Waals surface area contributed by atoms with Crippen LogP contribution in [0.5, 0.6) is 0 Å². The Balaban J connectivity index is 1.91. The number of fused-ring (bicyclic) bond motifs is 1. The topological polar surface area (TPSA) is 63.9 Å². The first-order valence-electron chi connectivity index (χ1n) is 6.63. The molecule has 0 amide bonds. The fraction of sp³-hybridized carbons (Fsp3) is 0.500. The van der Waals surface area contributed by atoms with Crippen LogP contribution in [-0.4, -0.2) is 35.0 Å². The number of ether oxygens (including phenoxy) is 1. The summed E-state index contributed by atoms with van der Waals surface area (Å²) in [5.41, 5.74) is 9.02. The van der Waals surface area contributed by atoms with Crippen LogP contribution < -0.4 is 5.73 Å². The van der Waals surface area contributed by atoms with Crippen LogP contribution >= 0.6 is 11.8 Å². The van der Waals surface area contributed by atoms with E-state index in [4.69, 9.17) is 10.5 Å². The minimum absolute atomic E-state index is 0.157. The lowest BCUT2D eigenvalue weighted by molar-refractivity contribution is 0.0674. The quantitative estimate of drug-likeness (QED) is 0.765. The van der Waals surface area contributed by atoms with E-state index >= 15 is 0 Å². The molecule has 0 aliphatic rings. The summed E-state index contributed by atoms with van der Waals surface area (Å²) in [5, 5.41) is 0.966. The monoisotopic (exact) mass is 279 g/mol. The molecule has 104 valence electrons. The average molecular weight is 279 g/mol. The molecule has 5 heteroatoms. The summed E-state index contributed by atoms with van der Waals surface area (Å²) < 4.78 is 5.53. The average Bonchev–Trinajstić information content (AvgIpc) is 2.79. The number of imidazole rings is 1. The number of benzene rings is 1. The Morgan fingerprint density at radius 3 is 3.05 bits per heavy atom. The maximum absolute atomic E-state index is 5.66. The third-order valence-electron chi connectivity index (χ3n) is 2.96. The number of hydrogen-bond acceptors (Lipinski definition) is 4. The first-order valence-corrected chi connectivity index (χ1v) is 7.62. The number of aromatic nitrogens is 2. The van der Waals surface area contributed by atoms with Gasteiger partial charge in [0.25, 0.3) is 0 Å². The highest BCUT2D eigenvalue weighted by atomic mass is 32.2. The highest BCUT2D eigenvalue weighted by Crippen LogP contribution is 2.21. The Morgan fingerprint density at radius 2 is 2.32 bits per heavy atom. The number of aromatic amines is 1. The molecule has 2 aromatic rings. The number of nitrogens with one attached hydrogen (secondary N) is 1. The highest BCUT2D eigenvalue weighted by Gasteiger charge is 2.08. The van der Waals surface area contributed by atoms with Gasteiger partial charge in [-0.25, -0.2) is 4.98 Å². The summed E-state index contributed by atoms with van der Waals surface area (Å²) in [6, 6.07) is 6.25. The zero-order valence-electron chi connectivity index (χ0n) is 11.5. The van der Waals surface area contributed by atoms with Crippen LogP contribution in [-0.2, 0) is 4.74 Å². The molecule has 0 spiro atoms. The first-order chi connectivity index (χ1) is 9.22. The van der Waals surface area contributed by atoms with Crippen molar-refractivity contribution in [2.75, 3.05) is 18.9 Å². The van der Waals surface area contributed by atoms with Gasteiger partial charge in [-0.2, -0.15) is 0 Å². The second kappa shape index (κ2) is 6.93. The molecule has 4 nitrogen and oxygen atoms in total. The molecule has 0 saturated heterocycles. The minimum atomic E-state index is 0.157. The second-order valence-electron chi connectivity index (χ2n) is 4.51. The summed E-state index contributed by atoms with van der Waals surface area (Å²) in [7, 11) is 0. The Labute approximate surface area is 118 Å². The Kier molecular flexibility index (Phi) is 5.24. The van der Waals surface area contributed by atoms with E-state index in [0.29, 0.717) is 6.54 Å². The van der Waals surface area contributed by atoms with Gasteiger partial charge in [0.05, 0.1) is 17.1 Å². The summed E-state index contributed by atoms with van der Waals surface area (Å²) in [6.45, 7) is 5.38. The number of nitrogens with two attached hydrogens (primary N) is 1. The second-order valence-corrected chi connectivity index (χ2v) is 5.60. The van der Waals surface area contributed by atoms with E-state index in [1.54, 1.807) is 11.8 Å². The fourth-order valence-electron chi connectivity index (χ4n) is 1.96. The van der Waals surface area contributed by atoms with Gasteiger partial charge in [-0.1, -0.05) is 17.8 Å². The van der Waals surface area contributed by atoms with E-state index in [9.17, 15) is 0 Å². The van der Waals surface area contributed by atoms with Crippen molar-refractivity contribution >= 4 is 22.8 Å². The standard InChI is InChI=1S/C14H21N3OS/c1-3-18-11(9-15)6-7-19-14-16-12-5-4-10(2)8-13(12)17-14/h4-5,8,11H,3,6-7,9,15H2,1-2H3,(H,16,17). The Hall–Kier alpha value is -1.04. The summed E-state index contributed by atoms with van der Waals surface area (Å²) in [6.07, 6.45) is 1.11. The van der Waals surface area contributed by atoms with Gasteiger partial charge < -0.3 is 15.5 Å². The molecule has 0 fully saturated rings. The zero-order chi connectivity index (χ0) is 13.7. The van der Waals surface area contributed by atoms with Crippen LogP contribution in [0.2, 0.25) is 0 Å². The van der Waals surface area contributed by atoms with Crippen LogP contribution in [0.3, 0.4) is 0 Å². The largest absolute Gasteiger partial charge is 0.377 e. The maximum atomic E-state index is 5.66. The van der Waals surface area contributed by atoms with Gasteiger partial charge in [0.15, 0.2) is 5.16 Å². The molecular weight excluding hydrogens is 258 g/mol. The van der Waals surface area contributed by atoms with Crippen LogP contribution in [0.15, 0.2) is 23.4 Å². The molecule has 1 atom stereocenters. The smallest absolute Gasteiger partial charge is 0.166 e. The molecule has 1 aromatic carbocycles. The Morgan fingerprint density at radius 1 is 1.47 bits per heavy atom. The molecule has 2 rings (SSSR count). The molecule has 19 heavy (non-hydrogen) atoms. The number of hydrogen-bond donors (Lipinski definition) is 2. The van der Waals surface area contributed by atoms with Crippen molar-refractivity contribution < 1.29 is 4.74 Å². The third kappa shape index (κ3) is 3.96. The highest BCUT2D eigenvalue weighted by molar-refractivity contribution is 7.99. The van der Waals surface area contributed by atoms with Gasteiger partial charge in [-0.05, 0) is 38.0 Å². The van der Waals surface area contributed by atoms with Crippen LogP contribution in [0.1, 0.15) is 18.9 Å². The number of aryl methyl sites for hydroxylation is 1. The van der Waals surface area contributed by atoms with Crippen molar-refractivity contribution in [2.45, 2.75) is 31.5 Å². The van der Waals surface area contributed by atoms with Gasteiger partial charge >= 0.3 is 0 Å². The van der Waals surface area contributed by atoms with E-state index in [1.807, 2.05) is 13.0 Å². The zero-order valence-corrected chi connectivity index (χ0v) is 12.3. The van der Waals surface area contributed by atoms with Crippen molar-refractivity contribution in [1.29, 1.82) is 0 Å². The lowest BCUT2D eigenvalue weighted by Gasteiger charge is -2.13. The van der Waals surface area contributed by atoms with Gasteiger partial charge in [-0.15, -0.1) is 0 Å². The maximum Gasteiger partial charge on any atom is 0.166 e. The van der Waals surface area contributed by atoms with Crippen molar-refractivity contribution in [3.63, 3.8) is 0 Å². The van der Waals surface area contributed by atoms with Gasteiger partial charge in [-0.3, -0.25) is 0 Å². The SMILES string of the molecule is CCOC(CN)CCSc1nc2ccc(C)cc2[nH]1. The molecular formula is C14H21N3OS. The minimum Gasteiger partial charge on any atom is -0.377 e. The molecule has 1 aromatic heterocycles. The molecule has 0 bridgehead atoms. The molecule has 0 radical (unpaired) electrons. The van der Waals surface area contributed by atoms with Crippen LogP contribution in [0.4, 0.5) is 0 Å². The van der Waals surface area contributed by atoms with E-state index < -0.39 is 0 Å². The lowest BCUT2D eigenvalue weighted by Crippen LogP contribution is -2.24. The van der Waals surface area contributed by atoms with Gasteiger partial charge in [0.1, 0.15) is 0 Å². The number of H-pyrrole nitrogens is 1. The molecule has 0 aliphatic heterocycles. The predicted molar refractivity (Wildman–Crippen MR) is 80.6 cm³/mol. The Bertz CT molecular complexity index is 526. The van der Waals surface area contributed by atoms with Crippen molar-refractivity contribution in [3.05, 3.63) is 23.8 Å². The lowest BCUT2D eigenvalue weighted by atomic mass is 10.2. The third-order valence-corrected chi connectivity index (χ3v) is 3.87. The summed E-state index contributed by atoms with van der Waals surface area (Å²) in [4.78, 5) is 7.90. The normalized spacial score (nSPS) is 13.0. The van der Waals surface area contributed by atoms with Crippen molar-refractivity contribution in [3.8, 4) is 0 Å². The first kappa shape index (κ1) is 14.4. The summed E-state index contributed by atoms with van der Waals surface area (Å²) >= 11 is 1.72. The van der Waals surface area contributed by atoms with Crippen LogP contribution in [0.25, 0.3) is 11.0 Å². The van der Waals surface area contributed by atoms with Crippen molar-refractivity contribution in [2.24, 2.45) is 5.73 Å². The van der Waals surface area contributed by atoms with Crippen molar-refractivity contribution in [1.82, 2.24) is 9.97 Å². The fourth-order valence-corrected chi connectivity index (χ4v) is 2.88. The van der Waals surface area contributed by atoms with Crippen LogP contribution in [0, 0.1) is 6.92 Å².